The highest BCUT2D eigenvalue weighted by Gasteiger charge is 2.05. The van der Waals surface area contributed by atoms with Gasteiger partial charge < -0.3 is 10.7 Å². The normalized spacial score (nSPS) is 11.6. The first kappa shape index (κ1) is 12.2. The van der Waals surface area contributed by atoms with Crippen molar-refractivity contribution in [3.63, 3.8) is 0 Å². The van der Waals surface area contributed by atoms with E-state index in [0.717, 1.165) is 17.7 Å². The van der Waals surface area contributed by atoms with Gasteiger partial charge in [0.2, 0.25) is 0 Å². The number of nitrogens with one attached hydrogen (secondary N) is 2. The highest BCUT2D eigenvalue weighted by atomic mass is 15.0. The molecule has 1 rings (SSSR count). The second-order valence-electron chi connectivity index (χ2n) is 3.45. The van der Waals surface area contributed by atoms with Gasteiger partial charge in [-0.3, -0.25) is 0 Å². The minimum absolute atomic E-state index is 0.522. The summed E-state index contributed by atoms with van der Waals surface area (Å²) in [5, 5.41) is 10.8. The van der Waals surface area contributed by atoms with Gasteiger partial charge in [0.05, 0.1) is 0 Å². The van der Waals surface area contributed by atoms with Crippen LogP contribution in [0.4, 0.5) is 5.69 Å². The third-order valence-corrected chi connectivity index (χ3v) is 2.29. The lowest BCUT2D eigenvalue weighted by Gasteiger charge is -2.11. The lowest BCUT2D eigenvalue weighted by atomic mass is 10.1. The Bertz CT molecular complexity index is 404. The number of benzene rings is 1. The van der Waals surface area contributed by atoms with Crippen LogP contribution in [0.1, 0.15) is 20.3 Å². The molecule has 0 aliphatic rings. The van der Waals surface area contributed by atoms with Crippen LogP contribution in [0, 0.1) is 5.41 Å². The lowest BCUT2D eigenvalue weighted by Crippen LogP contribution is -2.06. The van der Waals surface area contributed by atoms with Crippen LogP contribution < -0.4 is 5.32 Å². The SMILES string of the molecule is C=N/C(Nc1ccccc1)=C(\CC)C(C)=N. The van der Waals surface area contributed by atoms with E-state index in [1.807, 2.05) is 37.3 Å². The van der Waals surface area contributed by atoms with Crippen molar-refractivity contribution in [2.75, 3.05) is 5.32 Å². The van der Waals surface area contributed by atoms with Gasteiger partial charge >= 0.3 is 0 Å². The number of aliphatic imine (C=N–C) groups is 1. The van der Waals surface area contributed by atoms with E-state index in [1.165, 1.54) is 0 Å². The van der Waals surface area contributed by atoms with E-state index in [2.05, 4.69) is 17.0 Å². The third-order valence-electron chi connectivity index (χ3n) is 2.29. The number of hydrogen-bond acceptors (Lipinski definition) is 3. The van der Waals surface area contributed by atoms with E-state index in [1.54, 1.807) is 6.92 Å². The Labute approximate surface area is 96.4 Å². The first-order valence-corrected chi connectivity index (χ1v) is 5.26. The average molecular weight is 215 g/mol. The Hall–Kier alpha value is -1.90. The highest BCUT2D eigenvalue weighted by molar-refractivity contribution is 5.96. The van der Waals surface area contributed by atoms with Gasteiger partial charge in [0.15, 0.2) is 0 Å². The molecule has 0 heterocycles. The Morgan fingerprint density at radius 3 is 2.44 bits per heavy atom. The topological polar surface area (TPSA) is 48.2 Å². The number of allylic oxidation sites excluding steroid dienone is 1. The molecule has 1 aromatic carbocycles. The molecule has 0 atom stereocenters. The zero-order valence-electron chi connectivity index (χ0n) is 9.75. The Kier molecular flexibility index (Phi) is 4.45. The zero-order valence-corrected chi connectivity index (χ0v) is 9.75. The maximum absolute atomic E-state index is 7.67. The van der Waals surface area contributed by atoms with E-state index in [4.69, 9.17) is 5.41 Å². The molecule has 2 N–H and O–H groups in total. The number of hydrogen-bond donors (Lipinski definition) is 2. The summed E-state index contributed by atoms with van der Waals surface area (Å²) in [5.41, 5.74) is 2.37. The van der Waals surface area contributed by atoms with Crippen molar-refractivity contribution < 1.29 is 0 Å². The Morgan fingerprint density at radius 2 is 2.00 bits per heavy atom. The fourth-order valence-electron chi connectivity index (χ4n) is 1.48. The molecule has 3 heteroatoms. The number of nitrogens with zero attached hydrogens (tertiary/aromatic N) is 1. The number of rotatable bonds is 5. The number of anilines is 1. The van der Waals surface area contributed by atoms with Crippen LogP contribution in [0.2, 0.25) is 0 Å². The molecular weight excluding hydrogens is 198 g/mol. The molecule has 1 aromatic rings. The summed E-state index contributed by atoms with van der Waals surface area (Å²) in [6.45, 7) is 7.31. The third kappa shape index (κ3) is 3.05. The van der Waals surface area contributed by atoms with Crippen LogP contribution >= 0.6 is 0 Å². The largest absolute Gasteiger partial charge is 0.340 e. The zero-order chi connectivity index (χ0) is 12.0. The van der Waals surface area contributed by atoms with Gasteiger partial charge in [-0.05, 0) is 32.2 Å². The quantitative estimate of drug-likeness (QED) is 0.726. The molecular formula is C13H17N3. The minimum Gasteiger partial charge on any atom is -0.340 e. The van der Waals surface area contributed by atoms with Crippen molar-refractivity contribution in [2.24, 2.45) is 4.99 Å². The van der Waals surface area contributed by atoms with Crippen molar-refractivity contribution in [1.82, 2.24) is 0 Å². The molecule has 0 fully saturated rings. The molecule has 3 nitrogen and oxygen atoms in total. The van der Waals surface area contributed by atoms with E-state index in [9.17, 15) is 0 Å². The van der Waals surface area contributed by atoms with Gasteiger partial charge in [-0.15, -0.1) is 0 Å². The minimum atomic E-state index is 0.522. The molecule has 0 unspecified atom stereocenters. The highest BCUT2D eigenvalue weighted by Crippen LogP contribution is 2.15. The molecule has 0 aliphatic heterocycles. The molecule has 84 valence electrons. The van der Waals surface area contributed by atoms with Crippen molar-refractivity contribution in [3.05, 3.63) is 41.7 Å². The average Bonchev–Trinajstić information content (AvgIpc) is 2.29. The monoisotopic (exact) mass is 215 g/mol. The lowest BCUT2D eigenvalue weighted by molar-refractivity contribution is 1.10. The summed E-state index contributed by atoms with van der Waals surface area (Å²) in [5.74, 6) is 0.668. The van der Waals surface area contributed by atoms with Crippen LogP contribution in [0.3, 0.4) is 0 Å². The molecule has 16 heavy (non-hydrogen) atoms. The summed E-state index contributed by atoms with van der Waals surface area (Å²) in [4.78, 5) is 3.95. The Morgan fingerprint density at radius 1 is 1.38 bits per heavy atom. The summed E-state index contributed by atoms with van der Waals surface area (Å²) < 4.78 is 0. The van der Waals surface area contributed by atoms with Crippen LogP contribution in [0.5, 0.6) is 0 Å². The van der Waals surface area contributed by atoms with Crippen molar-refractivity contribution in [3.8, 4) is 0 Å². The molecule has 0 saturated carbocycles. The molecule has 0 amide bonds. The molecule has 0 radical (unpaired) electrons. The van der Waals surface area contributed by atoms with Crippen molar-refractivity contribution in [1.29, 1.82) is 5.41 Å². The smallest absolute Gasteiger partial charge is 0.134 e. The first-order valence-electron chi connectivity index (χ1n) is 5.26. The van der Waals surface area contributed by atoms with Crippen LogP contribution in [0.15, 0.2) is 46.7 Å². The fraction of sp³-hybridized carbons (Fsp3) is 0.231. The van der Waals surface area contributed by atoms with Crippen LogP contribution in [0.25, 0.3) is 0 Å². The van der Waals surface area contributed by atoms with Crippen molar-refractivity contribution in [2.45, 2.75) is 20.3 Å². The predicted molar refractivity (Wildman–Crippen MR) is 70.3 cm³/mol. The van der Waals surface area contributed by atoms with Crippen LogP contribution in [-0.4, -0.2) is 12.4 Å². The summed E-state index contributed by atoms with van der Waals surface area (Å²) >= 11 is 0. The van der Waals surface area contributed by atoms with E-state index in [-0.39, 0.29) is 0 Å². The maximum atomic E-state index is 7.67. The standard InChI is InChI=1S/C13H17N3/c1-4-12(10(2)14)13(15-3)16-11-8-6-5-7-9-11/h5-9,14,16H,3-4H2,1-2H3/b13-12-,14-10?. The molecule has 0 saturated heterocycles. The van der Waals surface area contributed by atoms with Gasteiger partial charge in [0.25, 0.3) is 0 Å². The molecule has 0 aromatic heterocycles. The van der Waals surface area contributed by atoms with Gasteiger partial charge in [-0.2, -0.15) is 0 Å². The summed E-state index contributed by atoms with van der Waals surface area (Å²) in [6, 6.07) is 9.77. The second kappa shape index (κ2) is 5.85. The first-order chi connectivity index (χ1) is 7.69. The van der Waals surface area contributed by atoms with Crippen LogP contribution in [-0.2, 0) is 0 Å². The van der Waals surface area contributed by atoms with E-state index < -0.39 is 0 Å². The molecule has 0 bridgehead atoms. The second-order valence-corrected chi connectivity index (χ2v) is 3.45. The number of para-hydroxylation sites is 1. The summed E-state index contributed by atoms with van der Waals surface area (Å²) in [7, 11) is 0. The van der Waals surface area contributed by atoms with Gasteiger partial charge in [-0.1, -0.05) is 25.1 Å². The van der Waals surface area contributed by atoms with E-state index in [0.29, 0.717) is 11.5 Å². The predicted octanol–water partition coefficient (Wildman–Crippen LogP) is 3.46. The molecule has 0 spiro atoms. The van der Waals surface area contributed by atoms with Crippen molar-refractivity contribution >= 4 is 18.1 Å². The Balaban J connectivity index is 2.99. The van der Waals surface area contributed by atoms with Gasteiger partial charge in [-0.25, -0.2) is 4.99 Å². The van der Waals surface area contributed by atoms with E-state index >= 15 is 0 Å². The summed E-state index contributed by atoms with van der Waals surface area (Å²) in [6.07, 6.45) is 0.767. The van der Waals surface area contributed by atoms with Gasteiger partial charge in [0, 0.05) is 17.0 Å². The maximum Gasteiger partial charge on any atom is 0.134 e. The van der Waals surface area contributed by atoms with Gasteiger partial charge in [0.1, 0.15) is 5.82 Å². The fourth-order valence-corrected chi connectivity index (χ4v) is 1.48. The molecule has 0 aliphatic carbocycles.